The van der Waals surface area contributed by atoms with Gasteiger partial charge in [-0.05, 0) is 33.4 Å². The van der Waals surface area contributed by atoms with Gasteiger partial charge in [-0.15, -0.1) is 11.3 Å². The molecular formula is C12H22N2O3S2. The second-order valence-corrected chi connectivity index (χ2v) is 7.19. The average molecular weight is 306 g/mol. The highest BCUT2D eigenvalue weighted by Crippen LogP contribution is 2.25. The SMILES string of the molecule is CCOCCCNS(=O)(=O)c1cc(CNC)sc1C. The quantitative estimate of drug-likeness (QED) is 0.678. The van der Waals surface area contributed by atoms with Crippen LogP contribution in [0.5, 0.6) is 0 Å². The van der Waals surface area contributed by atoms with Crippen LogP contribution in [0.3, 0.4) is 0 Å². The van der Waals surface area contributed by atoms with Crippen LogP contribution in [-0.2, 0) is 21.3 Å². The van der Waals surface area contributed by atoms with Gasteiger partial charge in [0, 0.05) is 36.1 Å². The minimum absolute atomic E-state index is 0.388. The van der Waals surface area contributed by atoms with Gasteiger partial charge in [0.2, 0.25) is 10.0 Å². The Bertz CT molecular complexity index is 483. The molecule has 19 heavy (non-hydrogen) atoms. The third-order valence-corrected chi connectivity index (χ3v) is 5.29. The van der Waals surface area contributed by atoms with Crippen molar-refractivity contribution in [2.24, 2.45) is 0 Å². The van der Waals surface area contributed by atoms with Crippen molar-refractivity contribution in [1.82, 2.24) is 10.0 Å². The van der Waals surface area contributed by atoms with E-state index < -0.39 is 10.0 Å². The lowest BCUT2D eigenvalue weighted by Crippen LogP contribution is -2.25. The Morgan fingerprint density at radius 3 is 2.79 bits per heavy atom. The van der Waals surface area contributed by atoms with Crippen LogP contribution < -0.4 is 10.0 Å². The smallest absolute Gasteiger partial charge is 0.241 e. The molecule has 0 amide bonds. The van der Waals surface area contributed by atoms with E-state index in [2.05, 4.69) is 10.0 Å². The molecule has 0 saturated carbocycles. The zero-order valence-electron chi connectivity index (χ0n) is 11.7. The lowest BCUT2D eigenvalue weighted by atomic mass is 10.4. The summed E-state index contributed by atoms with van der Waals surface area (Å²) in [6.07, 6.45) is 0.680. The van der Waals surface area contributed by atoms with Gasteiger partial charge in [-0.2, -0.15) is 0 Å². The lowest BCUT2D eigenvalue weighted by Gasteiger charge is -2.06. The summed E-state index contributed by atoms with van der Waals surface area (Å²) in [5, 5.41) is 3.02. The Morgan fingerprint density at radius 2 is 2.16 bits per heavy atom. The van der Waals surface area contributed by atoms with Crippen LogP contribution in [0.15, 0.2) is 11.0 Å². The van der Waals surface area contributed by atoms with E-state index in [1.807, 2.05) is 20.9 Å². The molecular weight excluding hydrogens is 284 g/mol. The van der Waals surface area contributed by atoms with Crippen molar-refractivity contribution >= 4 is 21.4 Å². The van der Waals surface area contributed by atoms with Crippen LogP contribution in [0, 0.1) is 6.92 Å². The summed E-state index contributed by atoms with van der Waals surface area (Å²) in [6, 6.07) is 1.74. The molecule has 1 aromatic rings. The second kappa shape index (κ2) is 7.96. The van der Waals surface area contributed by atoms with E-state index in [9.17, 15) is 8.42 Å². The van der Waals surface area contributed by atoms with Crippen molar-refractivity contribution < 1.29 is 13.2 Å². The van der Waals surface area contributed by atoms with Crippen molar-refractivity contribution in [3.05, 3.63) is 15.8 Å². The molecule has 0 aliphatic heterocycles. The van der Waals surface area contributed by atoms with Gasteiger partial charge >= 0.3 is 0 Å². The predicted molar refractivity (Wildman–Crippen MR) is 78.1 cm³/mol. The molecule has 0 saturated heterocycles. The summed E-state index contributed by atoms with van der Waals surface area (Å²) in [7, 11) is -1.56. The number of hydrogen-bond acceptors (Lipinski definition) is 5. The molecule has 0 radical (unpaired) electrons. The number of nitrogens with one attached hydrogen (secondary N) is 2. The van der Waals surface area contributed by atoms with Crippen molar-refractivity contribution in [2.45, 2.75) is 31.7 Å². The molecule has 0 spiro atoms. The third-order valence-electron chi connectivity index (χ3n) is 2.53. The molecule has 1 rings (SSSR count). The molecule has 5 nitrogen and oxygen atoms in total. The Balaban J connectivity index is 2.61. The van der Waals surface area contributed by atoms with E-state index in [1.54, 1.807) is 6.07 Å². The van der Waals surface area contributed by atoms with Crippen molar-refractivity contribution in [3.63, 3.8) is 0 Å². The Labute approximate surface area is 119 Å². The number of rotatable bonds is 9. The fraction of sp³-hybridized carbons (Fsp3) is 0.667. The van der Waals surface area contributed by atoms with Gasteiger partial charge in [0.15, 0.2) is 0 Å². The first-order valence-corrected chi connectivity index (χ1v) is 8.62. The average Bonchev–Trinajstić information content (AvgIpc) is 2.71. The minimum atomic E-state index is -3.40. The topological polar surface area (TPSA) is 67.4 Å². The molecule has 110 valence electrons. The zero-order chi connectivity index (χ0) is 14.3. The number of hydrogen-bond donors (Lipinski definition) is 2. The van der Waals surface area contributed by atoms with Gasteiger partial charge in [0.25, 0.3) is 0 Å². The van der Waals surface area contributed by atoms with Gasteiger partial charge in [-0.1, -0.05) is 0 Å². The number of ether oxygens (including phenoxy) is 1. The standard InChI is InChI=1S/C12H22N2O3S2/c1-4-17-7-5-6-14-19(15,16)12-8-11(9-13-3)18-10(12)2/h8,13-14H,4-7,9H2,1-3H3. The molecule has 0 aliphatic rings. The Kier molecular flexibility index (Phi) is 6.95. The van der Waals surface area contributed by atoms with Crippen LogP contribution in [0.1, 0.15) is 23.1 Å². The monoisotopic (exact) mass is 306 g/mol. The maximum absolute atomic E-state index is 12.1. The Morgan fingerprint density at radius 1 is 1.42 bits per heavy atom. The van der Waals surface area contributed by atoms with Gasteiger partial charge in [0.05, 0.1) is 4.90 Å². The summed E-state index contributed by atoms with van der Waals surface area (Å²) in [5.41, 5.74) is 0. The van der Waals surface area contributed by atoms with E-state index in [1.165, 1.54) is 11.3 Å². The summed E-state index contributed by atoms with van der Waals surface area (Å²) in [4.78, 5) is 2.23. The number of sulfonamides is 1. The number of thiophene rings is 1. The van der Waals surface area contributed by atoms with Crippen LogP contribution in [-0.4, -0.2) is 35.2 Å². The molecule has 0 aromatic carbocycles. The first kappa shape index (κ1) is 16.6. The van der Waals surface area contributed by atoms with Crippen molar-refractivity contribution in [2.75, 3.05) is 26.8 Å². The molecule has 1 aromatic heterocycles. The minimum Gasteiger partial charge on any atom is -0.382 e. The van der Waals surface area contributed by atoms with Gasteiger partial charge in [0.1, 0.15) is 0 Å². The van der Waals surface area contributed by atoms with Crippen LogP contribution in [0.4, 0.5) is 0 Å². The molecule has 2 N–H and O–H groups in total. The summed E-state index contributed by atoms with van der Waals surface area (Å²) >= 11 is 1.51. The molecule has 1 heterocycles. The summed E-state index contributed by atoms with van der Waals surface area (Å²) < 4.78 is 32.1. The molecule has 7 heteroatoms. The number of aryl methyl sites for hydroxylation is 1. The van der Waals surface area contributed by atoms with Crippen molar-refractivity contribution in [1.29, 1.82) is 0 Å². The zero-order valence-corrected chi connectivity index (χ0v) is 13.3. The molecule has 0 unspecified atom stereocenters. The maximum Gasteiger partial charge on any atom is 0.241 e. The lowest BCUT2D eigenvalue weighted by molar-refractivity contribution is 0.146. The van der Waals surface area contributed by atoms with E-state index in [0.717, 1.165) is 9.75 Å². The highest BCUT2D eigenvalue weighted by Gasteiger charge is 2.19. The van der Waals surface area contributed by atoms with E-state index in [-0.39, 0.29) is 0 Å². The second-order valence-electron chi connectivity index (χ2n) is 4.11. The fourth-order valence-electron chi connectivity index (χ4n) is 1.66. The van der Waals surface area contributed by atoms with Crippen LogP contribution in [0.2, 0.25) is 0 Å². The van der Waals surface area contributed by atoms with Gasteiger partial charge < -0.3 is 10.1 Å². The molecule has 0 atom stereocenters. The Hall–Kier alpha value is -0.470. The summed E-state index contributed by atoms with van der Waals surface area (Å²) in [6.45, 7) is 6.07. The molecule has 0 bridgehead atoms. The first-order valence-electron chi connectivity index (χ1n) is 6.32. The summed E-state index contributed by atoms with van der Waals surface area (Å²) in [5.74, 6) is 0. The normalized spacial score (nSPS) is 11.9. The highest BCUT2D eigenvalue weighted by molar-refractivity contribution is 7.89. The largest absolute Gasteiger partial charge is 0.382 e. The molecule has 0 fully saturated rings. The fourth-order valence-corrected chi connectivity index (χ4v) is 4.37. The van der Waals surface area contributed by atoms with Gasteiger partial charge in [-0.3, -0.25) is 0 Å². The highest BCUT2D eigenvalue weighted by atomic mass is 32.2. The van der Waals surface area contributed by atoms with Gasteiger partial charge in [-0.25, -0.2) is 13.1 Å². The van der Waals surface area contributed by atoms with Crippen molar-refractivity contribution in [3.8, 4) is 0 Å². The van der Waals surface area contributed by atoms with E-state index in [0.29, 0.717) is 37.6 Å². The van der Waals surface area contributed by atoms with Crippen LogP contribution in [0.25, 0.3) is 0 Å². The van der Waals surface area contributed by atoms with E-state index in [4.69, 9.17) is 4.74 Å². The predicted octanol–water partition coefficient (Wildman–Crippen LogP) is 1.48. The molecule has 0 aliphatic carbocycles. The van der Waals surface area contributed by atoms with E-state index >= 15 is 0 Å². The van der Waals surface area contributed by atoms with Crippen LogP contribution >= 0.6 is 11.3 Å². The maximum atomic E-state index is 12.1. The third kappa shape index (κ3) is 5.19. The first-order chi connectivity index (χ1) is 9.01.